The van der Waals surface area contributed by atoms with Gasteiger partial charge < -0.3 is 24.3 Å². The van der Waals surface area contributed by atoms with Gasteiger partial charge in [-0.15, -0.1) is 0 Å². The molecule has 1 aliphatic rings. The topological polar surface area (TPSA) is 143 Å². The van der Waals surface area contributed by atoms with E-state index in [1.807, 2.05) is 31.2 Å². The Morgan fingerprint density at radius 2 is 1.62 bits per heavy atom. The van der Waals surface area contributed by atoms with Gasteiger partial charge in [0.15, 0.2) is 0 Å². The molecular formula is C31H36N2O9. The normalized spacial score (nSPS) is 14.6. The Morgan fingerprint density at radius 3 is 2.26 bits per heavy atom. The van der Waals surface area contributed by atoms with Crippen molar-refractivity contribution in [1.82, 2.24) is 5.32 Å². The van der Waals surface area contributed by atoms with Gasteiger partial charge in [0.1, 0.15) is 5.75 Å². The largest absolute Gasteiger partial charge is 0.493 e. The summed E-state index contributed by atoms with van der Waals surface area (Å²) in [6.45, 7) is 5.95. The number of rotatable bonds is 14. The van der Waals surface area contributed by atoms with E-state index in [9.17, 15) is 24.5 Å². The van der Waals surface area contributed by atoms with E-state index in [2.05, 4.69) is 5.32 Å². The lowest BCUT2D eigenvalue weighted by Crippen LogP contribution is -2.32. The van der Waals surface area contributed by atoms with Crippen LogP contribution >= 0.6 is 0 Å². The number of methoxy groups -OCH3 is 1. The van der Waals surface area contributed by atoms with Crippen LogP contribution in [0.15, 0.2) is 71.1 Å². The highest BCUT2D eigenvalue weighted by Crippen LogP contribution is 2.40. The summed E-state index contributed by atoms with van der Waals surface area (Å²) in [5, 5.41) is 14.5. The smallest absolute Gasteiger partial charge is 0.336 e. The summed E-state index contributed by atoms with van der Waals surface area (Å²) in [6, 6.07) is 13.3. The SMILES string of the molecule is CCCC(=O)OCCc1ccc(OCCCOC(=O)C2=C(C)NC(C)=C(C(=O)OC)C2c2cccc([N+](=O)[O-])c2)cc1. The summed E-state index contributed by atoms with van der Waals surface area (Å²) in [6.07, 6.45) is 2.19. The summed E-state index contributed by atoms with van der Waals surface area (Å²) >= 11 is 0. The number of non-ortho nitro benzene ring substituents is 1. The maximum Gasteiger partial charge on any atom is 0.336 e. The molecule has 1 aliphatic heterocycles. The number of carbonyl (C=O) groups is 3. The zero-order chi connectivity index (χ0) is 30.6. The summed E-state index contributed by atoms with van der Waals surface area (Å²) in [7, 11) is 1.23. The minimum Gasteiger partial charge on any atom is -0.493 e. The third-order valence-electron chi connectivity index (χ3n) is 6.62. The van der Waals surface area contributed by atoms with Gasteiger partial charge in [0, 0.05) is 42.8 Å². The van der Waals surface area contributed by atoms with Gasteiger partial charge in [0.25, 0.3) is 5.69 Å². The molecule has 1 heterocycles. The fourth-order valence-corrected chi connectivity index (χ4v) is 4.60. The van der Waals surface area contributed by atoms with Crippen molar-refractivity contribution in [3.05, 3.63) is 92.3 Å². The first-order valence-corrected chi connectivity index (χ1v) is 13.7. The number of nitro benzene ring substituents is 1. The van der Waals surface area contributed by atoms with E-state index < -0.39 is 22.8 Å². The molecule has 1 atom stereocenters. The van der Waals surface area contributed by atoms with Crippen LogP contribution < -0.4 is 10.1 Å². The van der Waals surface area contributed by atoms with E-state index in [4.69, 9.17) is 18.9 Å². The number of ether oxygens (including phenoxy) is 4. The maximum absolute atomic E-state index is 13.3. The van der Waals surface area contributed by atoms with Crippen molar-refractivity contribution in [3.63, 3.8) is 0 Å². The molecule has 0 saturated carbocycles. The number of dihydropyridines is 1. The standard InChI is InChI=1S/C31H36N2O9/c1-5-8-26(34)41-18-15-22-11-13-25(14-12-22)40-16-7-17-42-31(36)28-21(3)32-20(2)27(30(35)39-4)29(28)23-9-6-10-24(19-23)33(37)38/h6,9-14,19,29,32H,5,7-8,15-18H2,1-4H3. The third-order valence-corrected chi connectivity index (χ3v) is 6.62. The van der Waals surface area contributed by atoms with E-state index in [0.717, 1.165) is 12.0 Å². The number of hydrogen-bond donors (Lipinski definition) is 1. The molecule has 0 bridgehead atoms. The Morgan fingerprint density at radius 1 is 0.929 bits per heavy atom. The predicted molar refractivity (Wildman–Crippen MR) is 153 cm³/mol. The number of allylic oxidation sites excluding steroid dienone is 2. The quantitative estimate of drug-likeness (QED) is 0.108. The van der Waals surface area contributed by atoms with E-state index in [0.29, 0.717) is 48.6 Å². The van der Waals surface area contributed by atoms with Crippen LogP contribution in [0.5, 0.6) is 5.75 Å². The Hall–Kier alpha value is -4.67. The molecule has 0 amide bonds. The molecule has 0 aliphatic carbocycles. The number of hydrogen-bond acceptors (Lipinski definition) is 10. The first-order valence-electron chi connectivity index (χ1n) is 13.7. The zero-order valence-corrected chi connectivity index (χ0v) is 24.3. The number of esters is 3. The van der Waals surface area contributed by atoms with Gasteiger partial charge >= 0.3 is 17.9 Å². The van der Waals surface area contributed by atoms with Gasteiger partial charge in [-0.2, -0.15) is 0 Å². The van der Waals surface area contributed by atoms with E-state index in [1.54, 1.807) is 19.9 Å². The van der Waals surface area contributed by atoms with Crippen molar-refractivity contribution in [2.45, 2.75) is 52.4 Å². The third kappa shape index (κ3) is 8.42. The fourth-order valence-electron chi connectivity index (χ4n) is 4.60. The van der Waals surface area contributed by atoms with Crippen LogP contribution in [0.3, 0.4) is 0 Å². The summed E-state index contributed by atoms with van der Waals surface area (Å²) in [5.74, 6) is -1.78. The molecule has 0 radical (unpaired) electrons. The lowest BCUT2D eigenvalue weighted by atomic mass is 9.80. The van der Waals surface area contributed by atoms with Crippen molar-refractivity contribution in [2.24, 2.45) is 0 Å². The van der Waals surface area contributed by atoms with Crippen LogP contribution in [-0.2, 0) is 35.0 Å². The van der Waals surface area contributed by atoms with Crippen LogP contribution in [0.4, 0.5) is 5.69 Å². The lowest BCUT2D eigenvalue weighted by Gasteiger charge is -2.30. The minimum absolute atomic E-state index is 0.0503. The molecule has 1 N–H and O–H groups in total. The minimum atomic E-state index is -0.920. The van der Waals surface area contributed by atoms with Crippen molar-refractivity contribution in [2.75, 3.05) is 26.9 Å². The zero-order valence-electron chi connectivity index (χ0n) is 24.3. The van der Waals surface area contributed by atoms with E-state index in [-0.39, 0.29) is 36.0 Å². The second-order valence-electron chi connectivity index (χ2n) is 9.68. The second kappa shape index (κ2) is 15.4. The molecular weight excluding hydrogens is 544 g/mol. The Balaban J connectivity index is 1.60. The first kappa shape index (κ1) is 31.9. The van der Waals surface area contributed by atoms with Gasteiger partial charge in [0.05, 0.1) is 48.9 Å². The molecule has 42 heavy (non-hydrogen) atoms. The highest BCUT2D eigenvalue weighted by molar-refractivity contribution is 5.99. The first-order chi connectivity index (χ1) is 20.2. The molecule has 3 rings (SSSR count). The van der Waals surface area contributed by atoms with Crippen LogP contribution in [0.2, 0.25) is 0 Å². The average Bonchev–Trinajstić information content (AvgIpc) is 2.97. The molecule has 0 spiro atoms. The highest BCUT2D eigenvalue weighted by atomic mass is 16.6. The van der Waals surface area contributed by atoms with Crippen molar-refractivity contribution in [3.8, 4) is 5.75 Å². The van der Waals surface area contributed by atoms with E-state index in [1.165, 1.54) is 25.3 Å². The van der Waals surface area contributed by atoms with Gasteiger partial charge in [-0.25, -0.2) is 9.59 Å². The molecule has 224 valence electrons. The molecule has 0 fully saturated rings. The predicted octanol–water partition coefficient (Wildman–Crippen LogP) is 4.90. The number of nitro groups is 1. The molecule has 11 nitrogen and oxygen atoms in total. The van der Waals surface area contributed by atoms with Crippen molar-refractivity contribution in [1.29, 1.82) is 0 Å². The Labute approximate surface area is 244 Å². The summed E-state index contributed by atoms with van der Waals surface area (Å²) in [4.78, 5) is 48.4. The van der Waals surface area contributed by atoms with Crippen LogP contribution in [0.25, 0.3) is 0 Å². The number of benzene rings is 2. The molecule has 0 aromatic heterocycles. The molecule has 0 saturated heterocycles. The van der Waals surface area contributed by atoms with Crippen LogP contribution in [0.1, 0.15) is 57.1 Å². The van der Waals surface area contributed by atoms with Crippen LogP contribution in [-0.4, -0.2) is 49.8 Å². The van der Waals surface area contributed by atoms with E-state index >= 15 is 0 Å². The number of carbonyl (C=O) groups excluding carboxylic acids is 3. The van der Waals surface area contributed by atoms with Crippen LogP contribution in [0, 0.1) is 10.1 Å². The Kier molecular flexibility index (Phi) is 11.7. The Bertz CT molecular complexity index is 1360. The summed E-state index contributed by atoms with van der Waals surface area (Å²) < 4.78 is 21.5. The molecule has 2 aromatic rings. The highest BCUT2D eigenvalue weighted by Gasteiger charge is 2.38. The number of nitrogens with zero attached hydrogens (tertiary/aromatic N) is 1. The van der Waals surface area contributed by atoms with Gasteiger partial charge in [0.2, 0.25) is 0 Å². The second-order valence-corrected chi connectivity index (χ2v) is 9.68. The molecule has 11 heteroatoms. The molecule has 1 unspecified atom stereocenters. The number of nitrogens with one attached hydrogen (secondary N) is 1. The van der Waals surface area contributed by atoms with Crippen molar-refractivity contribution >= 4 is 23.6 Å². The maximum atomic E-state index is 13.3. The average molecular weight is 581 g/mol. The van der Waals surface area contributed by atoms with Gasteiger partial charge in [-0.1, -0.05) is 31.2 Å². The van der Waals surface area contributed by atoms with Gasteiger partial charge in [-0.05, 0) is 43.5 Å². The van der Waals surface area contributed by atoms with Crippen molar-refractivity contribution < 1.29 is 38.3 Å². The molecule has 2 aromatic carbocycles. The monoisotopic (exact) mass is 580 g/mol. The van der Waals surface area contributed by atoms with Gasteiger partial charge in [-0.3, -0.25) is 14.9 Å². The summed E-state index contributed by atoms with van der Waals surface area (Å²) in [5.41, 5.74) is 2.52. The fraction of sp³-hybridized carbons (Fsp3) is 0.387. The lowest BCUT2D eigenvalue weighted by molar-refractivity contribution is -0.384.